The lowest BCUT2D eigenvalue weighted by Gasteiger charge is -2.22. The molecule has 0 nitrogen and oxygen atoms in total. The lowest BCUT2D eigenvalue weighted by Crippen LogP contribution is -1.94. The molecule has 0 aliphatic carbocycles. The van der Waals surface area contributed by atoms with Gasteiger partial charge in [0.15, 0.2) is 0 Å². The number of hydrogen-bond acceptors (Lipinski definition) is 0. The van der Waals surface area contributed by atoms with Gasteiger partial charge < -0.3 is 0 Å². The minimum Gasteiger partial charge on any atom is -0.0622 e. The smallest absolute Gasteiger partial charge is 0.00134 e. The maximum absolute atomic E-state index is 2.46. The Morgan fingerprint density at radius 2 is 0.679 bits per heavy atom. The Morgan fingerprint density at radius 1 is 0.196 bits per heavy atom. The van der Waals surface area contributed by atoms with E-state index in [1.54, 1.807) is 0 Å². The molecule has 0 aliphatic rings. The Labute approximate surface area is 324 Å². The summed E-state index contributed by atoms with van der Waals surface area (Å²) >= 11 is 0. The van der Waals surface area contributed by atoms with E-state index >= 15 is 0 Å². The molecule has 0 heterocycles. The van der Waals surface area contributed by atoms with E-state index in [1.165, 1.54) is 120 Å². The second kappa shape index (κ2) is 12.1. The van der Waals surface area contributed by atoms with Crippen molar-refractivity contribution in [3.05, 3.63) is 206 Å². The first kappa shape index (κ1) is 31.1. The zero-order valence-corrected chi connectivity index (χ0v) is 30.6. The van der Waals surface area contributed by atoms with Crippen LogP contribution in [0.15, 0.2) is 206 Å². The molecule has 0 N–H and O–H groups in total. The minimum atomic E-state index is 1.22. The third-order valence-corrected chi connectivity index (χ3v) is 12.2. The van der Waals surface area contributed by atoms with Crippen molar-refractivity contribution in [2.45, 2.75) is 0 Å². The van der Waals surface area contributed by atoms with E-state index in [0.29, 0.717) is 0 Å². The third-order valence-electron chi connectivity index (χ3n) is 12.2. The summed E-state index contributed by atoms with van der Waals surface area (Å²) in [5, 5.41) is 18.2. The van der Waals surface area contributed by atoms with Crippen molar-refractivity contribution in [1.82, 2.24) is 0 Å². The van der Waals surface area contributed by atoms with Gasteiger partial charge in [0.25, 0.3) is 0 Å². The molecule has 0 unspecified atom stereocenters. The molecule has 0 fully saturated rings. The maximum atomic E-state index is 2.46. The molecule has 0 amide bonds. The zero-order valence-electron chi connectivity index (χ0n) is 30.6. The van der Waals surface area contributed by atoms with Crippen LogP contribution in [0.25, 0.3) is 120 Å². The summed E-state index contributed by atoms with van der Waals surface area (Å²) in [6.45, 7) is 0. The van der Waals surface area contributed by atoms with Crippen LogP contribution in [0.5, 0.6) is 0 Å². The number of rotatable bonds is 4. The lowest BCUT2D eigenvalue weighted by atomic mass is 9.80. The van der Waals surface area contributed by atoms with Gasteiger partial charge in [-0.1, -0.05) is 188 Å². The van der Waals surface area contributed by atoms with Gasteiger partial charge >= 0.3 is 0 Å². The van der Waals surface area contributed by atoms with E-state index in [2.05, 4.69) is 206 Å². The highest BCUT2D eigenvalue weighted by Crippen LogP contribution is 2.51. The highest BCUT2D eigenvalue weighted by Gasteiger charge is 2.23. The largest absolute Gasteiger partial charge is 0.0622 e. The molecular weight excluding hydrogens is 673 g/mol. The topological polar surface area (TPSA) is 0 Å². The maximum Gasteiger partial charge on any atom is -0.00134 e. The van der Waals surface area contributed by atoms with Crippen molar-refractivity contribution in [2.75, 3.05) is 0 Å². The van der Waals surface area contributed by atoms with Gasteiger partial charge in [0.1, 0.15) is 0 Å². The van der Waals surface area contributed by atoms with Crippen LogP contribution >= 0.6 is 0 Å². The average molecular weight is 707 g/mol. The van der Waals surface area contributed by atoms with Gasteiger partial charge in [-0.15, -0.1) is 0 Å². The Morgan fingerprint density at radius 3 is 1.41 bits per heavy atom. The average Bonchev–Trinajstić information content (AvgIpc) is 3.27. The van der Waals surface area contributed by atoms with Crippen LogP contribution in [0.4, 0.5) is 0 Å². The molecule has 0 heteroatoms. The van der Waals surface area contributed by atoms with Crippen LogP contribution in [-0.2, 0) is 0 Å². The Hall–Kier alpha value is -7.28. The van der Waals surface area contributed by atoms with Crippen LogP contribution in [0.3, 0.4) is 0 Å². The van der Waals surface area contributed by atoms with Gasteiger partial charge in [0, 0.05) is 0 Å². The lowest BCUT2D eigenvalue weighted by molar-refractivity contribution is 1.62. The van der Waals surface area contributed by atoms with Crippen molar-refractivity contribution in [1.29, 1.82) is 0 Å². The third kappa shape index (κ3) is 4.48. The summed E-state index contributed by atoms with van der Waals surface area (Å²) in [6.07, 6.45) is 0. The number of benzene rings is 12. The SMILES string of the molecule is c1ccc(-c2cc(-c3c4ccccc4c4c5ccc(-c6ccccc6)c6cc7ccccc7c(c7cccc3c74)c65)cc3c(-c4ccccc4)cccc23)cc1. The van der Waals surface area contributed by atoms with Gasteiger partial charge in [-0.25, -0.2) is 0 Å². The normalized spacial score (nSPS) is 11.9. The van der Waals surface area contributed by atoms with Crippen LogP contribution in [0.2, 0.25) is 0 Å². The molecule has 0 spiro atoms. The second-order valence-corrected chi connectivity index (χ2v) is 15.1. The first-order valence-corrected chi connectivity index (χ1v) is 19.5. The molecule has 0 saturated heterocycles. The van der Waals surface area contributed by atoms with Crippen molar-refractivity contribution >= 4 is 75.4 Å². The van der Waals surface area contributed by atoms with Crippen molar-refractivity contribution in [2.24, 2.45) is 0 Å². The Kier molecular flexibility index (Phi) is 6.73. The zero-order chi connectivity index (χ0) is 36.7. The Bertz CT molecular complexity index is 3490. The van der Waals surface area contributed by atoms with E-state index in [4.69, 9.17) is 0 Å². The van der Waals surface area contributed by atoms with Gasteiger partial charge in [-0.05, 0) is 138 Å². The van der Waals surface area contributed by atoms with Crippen molar-refractivity contribution in [3.63, 3.8) is 0 Å². The molecule has 12 rings (SSSR count). The Balaban J connectivity index is 1.28. The molecule has 0 atom stereocenters. The summed E-state index contributed by atoms with van der Waals surface area (Å²) in [6, 6.07) is 76.5. The summed E-state index contributed by atoms with van der Waals surface area (Å²) in [7, 11) is 0. The molecule has 0 saturated carbocycles. The molecule has 12 aromatic rings. The van der Waals surface area contributed by atoms with E-state index in [9.17, 15) is 0 Å². The summed E-state index contributed by atoms with van der Waals surface area (Å²) in [5.74, 6) is 0. The molecule has 0 aliphatic heterocycles. The second-order valence-electron chi connectivity index (χ2n) is 15.1. The van der Waals surface area contributed by atoms with Crippen molar-refractivity contribution in [3.8, 4) is 44.5 Å². The molecule has 0 aromatic heterocycles. The quantitative estimate of drug-likeness (QED) is 0.126. The van der Waals surface area contributed by atoms with E-state index in [-0.39, 0.29) is 0 Å². The summed E-state index contributed by atoms with van der Waals surface area (Å²) in [5.41, 5.74) is 9.96. The number of hydrogen-bond donors (Lipinski definition) is 0. The summed E-state index contributed by atoms with van der Waals surface area (Å²) in [4.78, 5) is 0. The molecule has 0 bridgehead atoms. The molecule has 56 heavy (non-hydrogen) atoms. The molecule has 258 valence electrons. The van der Waals surface area contributed by atoms with Crippen LogP contribution in [0.1, 0.15) is 0 Å². The van der Waals surface area contributed by atoms with Gasteiger partial charge in [0.2, 0.25) is 0 Å². The minimum absolute atomic E-state index is 1.22. The molecule has 0 radical (unpaired) electrons. The van der Waals surface area contributed by atoms with Crippen LogP contribution < -0.4 is 0 Å². The van der Waals surface area contributed by atoms with E-state index < -0.39 is 0 Å². The molecular formula is C56H34. The van der Waals surface area contributed by atoms with E-state index in [0.717, 1.165) is 0 Å². The molecule has 12 aromatic carbocycles. The summed E-state index contributed by atoms with van der Waals surface area (Å²) < 4.78 is 0. The van der Waals surface area contributed by atoms with Gasteiger partial charge in [0.05, 0.1) is 0 Å². The van der Waals surface area contributed by atoms with Crippen LogP contribution in [0, 0.1) is 0 Å². The number of fused-ring (bicyclic) bond motifs is 7. The highest BCUT2D eigenvalue weighted by molar-refractivity contribution is 6.44. The highest BCUT2D eigenvalue weighted by atomic mass is 14.3. The van der Waals surface area contributed by atoms with Gasteiger partial charge in [-0.3, -0.25) is 0 Å². The fourth-order valence-electron chi connectivity index (χ4n) is 9.82. The predicted octanol–water partition coefficient (Wildman–Crippen LogP) is 15.9. The van der Waals surface area contributed by atoms with Crippen LogP contribution in [-0.4, -0.2) is 0 Å². The van der Waals surface area contributed by atoms with Gasteiger partial charge in [-0.2, -0.15) is 0 Å². The van der Waals surface area contributed by atoms with E-state index in [1.807, 2.05) is 0 Å². The fourth-order valence-corrected chi connectivity index (χ4v) is 9.82. The van der Waals surface area contributed by atoms with Crippen molar-refractivity contribution < 1.29 is 0 Å². The first-order valence-electron chi connectivity index (χ1n) is 19.5. The predicted molar refractivity (Wildman–Crippen MR) is 242 cm³/mol. The first-order chi connectivity index (χ1) is 27.8. The fraction of sp³-hybridized carbons (Fsp3) is 0. The monoisotopic (exact) mass is 706 g/mol. The standard InChI is InChI=1S/C56H34/c1-4-16-35(17-5-1)40-26-14-27-43-49(37-20-8-3-9-21-37)33-39(34-50(40)43)52-44-24-12-13-25-45(44)54-48-31-30-41(36-18-6-2-7-19-36)51-32-38-22-10-11-23-42(38)53(56(48)51)47-29-15-28-46(52)55(47)54/h1-34H.